The number of amides is 7. The third-order valence-corrected chi connectivity index (χ3v) is 8.11. The highest BCUT2D eigenvalue weighted by Gasteiger charge is 2.37. The van der Waals surface area contributed by atoms with Crippen LogP contribution in [-0.2, 0) is 35.3 Å². The van der Waals surface area contributed by atoms with Crippen LogP contribution in [0, 0.1) is 16.0 Å². The molecule has 1 aliphatic rings. The van der Waals surface area contributed by atoms with Crippen molar-refractivity contribution < 1.29 is 48.0 Å². The molecule has 0 saturated carbocycles. The zero-order valence-corrected chi connectivity index (χ0v) is 29.4. The van der Waals surface area contributed by atoms with Crippen LogP contribution in [0.15, 0.2) is 60.7 Å². The highest BCUT2D eigenvalue weighted by Crippen LogP contribution is 2.28. The van der Waals surface area contributed by atoms with Gasteiger partial charge in [0.25, 0.3) is 23.4 Å². The molecular weight excluding hydrogens is 694 g/mol. The quantitative estimate of drug-likeness (QED) is 0.0383. The number of para-hydroxylation sites is 1. The van der Waals surface area contributed by atoms with Crippen LogP contribution in [0.5, 0.6) is 5.75 Å². The van der Waals surface area contributed by atoms with Gasteiger partial charge in [-0.25, -0.2) is 9.59 Å². The third kappa shape index (κ3) is 12.4. The fourth-order valence-electron chi connectivity index (χ4n) is 5.40. The molecule has 2 atom stereocenters. The molecule has 0 aliphatic carbocycles. The normalized spacial score (nSPS) is 13.3. The molecule has 1 heterocycles. The Morgan fingerprint density at radius 1 is 0.925 bits per heavy atom. The Bertz CT molecular complexity index is 1690. The molecule has 2 aromatic carbocycles. The highest BCUT2D eigenvalue weighted by atomic mass is 16.7. The summed E-state index contributed by atoms with van der Waals surface area (Å²) in [5, 5.41) is 16.1. The number of carbonyl (C=O) groups is 7. The Morgan fingerprint density at radius 2 is 1.58 bits per heavy atom. The van der Waals surface area contributed by atoms with Gasteiger partial charge in [-0.1, -0.05) is 38.5 Å². The van der Waals surface area contributed by atoms with E-state index in [1.807, 2.05) is 0 Å². The van der Waals surface area contributed by atoms with Gasteiger partial charge in [0.05, 0.1) is 10.6 Å². The van der Waals surface area contributed by atoms with E-state index in [1.165, 1.54) is 30.4 Å². The van der Waals surface area contributed by atoms with Crippen LogP contribution in [0.4, 0.5) is 21.0 Å². The lowest BCUT2D eigenvalue weighted by atomic mass is 9.98. The molecule has 6 N–H and O–H groups in total. The van der Waals surface area contributed by atoms with Crippen LogP contribution in [0.2, 0.25) is 0 Å². The molecule has 53 heavy (non-hydrogen) atoms. The minimum atomic E-state index is -1.28. The molecule has 0 radical (unpaired) electrons. The van der Waals surface area contributed by atoms with Crippen molar-refractivity contribution in [1.29, 1.82) is 0 Å². The van der Waals surface area contributed by atoms with Gasteiger partial charge in [0, 0.05) is 49.4 Å². The number of imide groups is 1. The topological polar surface area (TPSA) is 264 Å². The van der Waals surface area contributed by atoms with Crippen molar-refractivity contribution >= 4 is 53.1 Å². The van der Waals surface area contributed by atoms with E-state index in [1.54, 1.807) is 32.0 Å². The minimum Gasteiger partial charge on any atom is -0.429 e. The number of unbranched alkanes of at least 4 members (excludes halogenated alkanes) is 2. The second-order valence-electron chi connectivity index (χ2n) is 12.3. The van der Waals surface area contributed by atoms with Gasteiger partial charge in [-0.05, 0) is 49.8 Å². The number of rotatable bonds is 20. The van der Waals surface area contributed by atoms with Crippen LogP contribution >= 0.6 is 0 Å². The maximum Gasteiger partial charge on any atom is 0.514 e. The summed E-state index contributed by atoms with van der Waals surface area (Å²) in [6.07, 6.45) is 2.87. The highest BCUT2D eigenvalue weighted by molar-refractivity contribution is 6.12. The molecule has 1 aliphatic heterocycles. The van der Waals surface area contributed by atoms with Gasteiger partial charge in [0.15, 0.2) is 0 Å². The molecule has 2 aromatic rings. The van der Waals surface area contributed by atoms with Crippen LogP contribution in [-0.4, -0.2) is 76.7 Å². The average molecular weight is 738 g/mol. The summed E-state index contributed by atoms with van der Waals surface area (Å²) in [4.78, 5) is 100. The van der Waals surface area contributed by atoms with E-state index in [0.717, 1.165) is 21.9 Å². The van der Waals surface area contributed by atoms with E-state index < -0.39 is 59.4 Å². The Hall–Kier alpha value is -6.33. The Kier molecular flexibility index (Phi) is 15.4. The van der Waals surface area contributed by atoms with Gasteiger partial charge < -0.3 is 31.6 Å². The van der Waals surface area contributed by atoms with Crippen LogP contribution in [0.25, 0.3) is 0 Å². The molecule has 0 unspecified atom stereocenters. The lowest BCUT2D eigenvalue weighted by Crippen LogP contribution is -2.57. The van der Waals surface area contributed by atoms with Gasteiger partial charge >= 0.3 is 12.2 Å². The van der Waals surface area contributed by atoms with Gasteiger partial charge in [-0.2, -0.15) is 0 Å². The summed E-state index contributed by atoms with van der Waals surface area (Å²) in [5.74, 6) is -3.27. The second-order valence-corrected chi connectivity index (χ2v) is 12.3. The first-order valence-corrected chi connectivity index (χ1v) is 16.8. The first-order chi connectivity index (χ1) is 25.2. The van der Waals surface area contributed by atoms with E-state index in [2.05, 4.69) is 10.6 Å². The molecule has 3 rings (SSSR count). The van der Waals surface area contributed by atoms with Crippen molar-refractivity contribution in [2.75, 3.05) is 18.0 Å². The number of nitrogens with two attached hydrogens (primary N) is 2. The third-order valence-electron chi connectivity index (χ3n) is 8.11. The van der Waals surface area contributed by atoms with Gasteiger partial charge in [-0.3, -0.25) is 43.9 Å². The second kappa shape index (κ2) is 19.9. The van der Waals surface area contributed by atoms with Crippen LogP contribution in [0.3, 0.4) is 0 Å². The smallest absolute Gasteiger partial charge is 0.429 e. The molecule has 18 nitrogen and oxygen atoms in total. The van der Waals surface area contributed by atoms with E-state index in [9.17, 15) is 43.7 Å². The maximum absolute atomic E-state index is 14.5. The molecule has 18 heteroatoms. The van der Waals surface area contributed by atoms with Gasteiger partial charge in [0.2, 0.25) is 11.8 Å². The fourth-order valence-corrected chi connectivity index (χ4v) is 5.40. The molecule has 0 saturated heterocycles. The fraction of sp³-hybridized carbons (Fsp3) is 0.400. The van der Waals surface area contributed by atoms with E-state index in [-0.39, 0.29) is 66.9 Å². The van der Waals surface area contributed by atoms with Crippen molar-refractivity contribution in [2.24, 2.45) is 17.4 Å². The zero-order valence-electron chi connectivity index (χ0n) is 29.4. The number of non-ortho nitro benzene ring substituents is 1. The number of carbonyl (C=O) groups excluding carboxylic acids is 7. The van der Waals surface area contributed by atoms with Gasteiger partial charge in [-0.15, -0.1) is 0 Å². The number of nitrogens with one attached hydrogen (secondary N) is 2. The number of hydrogen-bond acceptors (Lipinski definition) is 11. The van der Waals surface area contributed by atoms with Crippen LogP contribution < -0.4 is 31.7 Å². The van der Waals surface area contributed by atoms with Crippen molar-refractivity contribution in [1.82, 2.24) is 15.5 Å². The molecule has 0 spiro atoms. The van der Waals surface area contributed by atoms with Crippen molar-refractivity contribution in [3.05, 3.63) is 76.4 Å². The SMILES string of the molecule is CC(C)[C@H](NC(=O)CCCCCN1C(=O)C=CC1=O)C(=O)N(c1ccccc1COC(=O)Oc1ccc([N+](=O)[O-])cc1)[C@@H](CCCNC(N)=O)C(N)=O. The first kappa shape index (κ1) is 41.1. The average Bonchev–Trinajstić information content (AvgIpc) is 3.43. The predicted molar refractivity (Wildman–Crippen MR) is 189 cm³/mol. The predicted octanol–water partition coefficient (Wildman–Crippen LogP) is 2.57. The van der Waals surface area contributed by atoms with Crippen molar-refractivity contribution in [3.63, 3.8) is 0 Å². The lowest BCUT2D eigenvalue weighted by molar-refractivity contribution is -0.384. The minimum absolute atomic E-state index is 0.0188. The summed E-state index contributed by atoms with van der Waals surface area (Å²) in [7, 11) is 0. The number of hydrogen-bond donors (Lipinski definition) is 4. The Balaban J connectivity index is 1.79. The molecule has 284 valence electrons. The first-order valence-electron chi connectivity index (χ1n) is 16.8. The maximum atomic E-state index is 14.5. The number of anilines is 1. The lowest BCUT2D eigenvalue weighted by Gasteiger charge is -2.35. The summed E-state index contributed by atoms with van der Waals surface area (Å²) < 4.78 is 10.4. The Morgan fingerprint density at radius 3 is 2.19 bits per heavy atom. The van der Waals surface area contributed by atoms with E-state index in [4.69, 9.17) is 20.9 Å². The monoisotopic (exact) mass is 737 g/mol. The van der Waals surface area contributed by atoms with Crippen molar-refractivity contribution in [3.8, 4) is 5.75 Å². The number of nitrogens with zero attached hydrogens (tertiary/aromatic N) is 3. The summed E-state index contributed by atoms with van der Waals surface area (Å²) >= 11 is 0. The van der Waals surface area contributed by atoms with Gasteiger partial charge in [0.1, 0.15) is 24.4 Å². The molecule has 7 amide bonds. The number of benzene rings is 2. The largest absolute Gasteiger partial charge is 0.514 e. The van der Waals surface area contributed by atoms with Crippen LogP contribution in [0.1, 0.15) is 57.9 Å². The van der Waals surface area contributed by atoms with E-state index >= 15 is 0 Å². The number of nitro groups is 1. The summed E-state index contributed by atoms with van der Waals surface area (Å²) in [6, 6.07) is 7.78. The molecule has 0 aromatic heterocycles. The Labute approximate surface area is 304 Å². The molecule has 0 bridgehead atoms. The molecule has 0 fully saturated rings. The number of urea groups is 1. The zero-order chi connectivity index (χ0) is 39.1. The number of ether oxygens (including phenoxy) is 2. The summed E-state index contributed by atoms with van der Waals surface area (Å²) in [6.45, 7) is 3.26. The number of primary amides is 2. The summed E-state index contributed by atoms with van der Waals surface area (Å²) in [5.41, 5.74) is 11.2. The molecular formula is C35H43N7O11. The number of nitro benzene ring substituents is 1. The van der Waals surface area contributed by atoms with E-state index in [0.29, 0.717) is 19.3 Å². The standard InChI is InChI=1S/C35H43N7O11/c1-22(2)31(39-28(43)12-4-3-7-20-40-29(44)17-18-30(40)45)33(47)41(27(32(36)46)11-8-19-38-34(37)48)26-10-6-5-9-23(26)21-52-35(49)53-25-15-13-24(14-16-25)42(50)51/h5-6,9-10,13-18,22,27,31H,3-4,7-8,11-12,19-21H2,1-2H3,(H2,36,46)(H,39,43)(H3,37,38,48)/t27-,31-/m0/s1. The van der Waals surface area contributed by atoms with Crippen molar-refractivity contribution in [2.45, 2.75) is 71.1 Å².